The smallest absolute Gasteiger partial charge is 0.289 e. The van der Waals surface area contributed by atoms with Crippen molar-refractivity contribution in [3.63, 3.8) is 0 Å². The van der Waals surface area contributed by atoms with Gasteiger partial charge in [0.15, 0.2) is 5.78 Å². The van der Waals surface area contributed by atoms with Crippen molar-refractivity contribution in [2.24, 2.45) is 17.8 Å². The normalized spacial score (nSPS) is 19.4. The fraction of sp³-hybridized carbons (Fsp3) is 0.562. The fourth-order valence-corrected chi connectivity index (χ4v) is 6.01. The van der Waals surface area contributed by atoms with Gasteiger partial charge < -0.3 is 10.6 Å². The quantitative estimate of drug-likeness (QED) is 0.293. The van der Waals surface area contributed by atoms with Crippen LogP contribution in [0.3, 0.4) is 0 Å². The lowest BCUT2D eigenvalue weighted by Crippen LogP contribution is -2.52. The molecule has 0 saturated heterocycles. The summed E-state index contributed by atoms with van der Waals surface area (Å²) < 4.78 is 0. The second kappa shape index (κ2) is 13.8. The fourth-order valence-electron chi connectivity index (χ4n) is 6.01. The van der Waals surface area contributed by atoms with Crippen LogP contribution in [0.2, 0.25) is 0 Å². The summed E-state index contributed by atoms with van der Waals surface area (Å²) in [4.78, 5) is 70.0. The Morgan fingerprint density at radius 2 is 1.70 bits per heavy atom. The van der Waals surface area contributed by atoms with Gasteiger partial charge in [0, 0.05) is 36.1 Å². The first-order valence-electron chi connectivity index (χ1n) is 14.8. The molecule has 2 aliphatic rings. The summed E-state index contributed by atoms with van der Waals surface area (Å²) in [5.41, 5.74) is 0.991. The molecule has 2 aromatic rings. The van der Waals surface area contributed by atoms with Crippen LogP contribution in [0, 0.1) is 17.8 Å². The van der Waals surface area contributed by atoms with Crippen molar-refractivity contribution < 1.29 is 24.0 Å². The van der Waals surface area contributed by atoms with E-state index >= 15 is 0 Å². The van der Waals surface area contributed by atoms with E-state index < -0.39 is 29.6 Å². The molecule has 0 unspecified atom stereocenters. The number of aromatic nitrogens is 1. The van der Waals surface area contributed by atoms with Crippen LogP contribution in [-0.2, 0) is 19.2 Å². The molecule has 40 heavy (non-hydrogen) atoms. The number of rotatable bonds is 12. The summed E-state index contributed by atoms with van der Waals surface area (Å²) in [6.07, 6.45) is 7.12. The monoisotopic (exact) mass is 547 g/mol. The lowest BCUT2D eigenvalue weighted by Gasteiger charge is -2.26. The zero-order valence-corrected chi connectivity index (χ0v) is 23.6. The number of carbonyl (C=O) groups is 5. The molecule has 0 aliphatic heterocycles. The van der Waals surface area contributed by atoms with Crippen LogP contribution >= 0.6 is 0 Å². The largest absolute Gasteiger partial charge is 0.347 e. The molecule has 1 aromatic heterocycles. The number of Topliss-reactive ketones (excluding diaryl/α,β-unsaturated/α-hetero) is 3. The number of ketones is 3. The average Bonchev–Trinajstić information content (AvgIpc) is 3.35. The van der Waals surface area contributed by atoms with Crippen molar-refractivity contribution >= 4 is 40.1 Å². The number of benzene rings is 1. The van der Waals surface area contributed by atoms with Crippen LogP contribution in [0.15, 0.2) is 36.4 Å². The molecule has 2 N–H and O–H groups in total. The van der Waals surface area contributed by atoms with Gasteiger partial charge in [-0.2, -0.15) is 0 Å². The zero-order valence-electron chi connectivity index (χ0n) is 23.6. The Bertz CT molecular complexity index is 1250. The van der Waals surface area contributed by atoms with Gasteiger partial charge in [-0.15, -0.1) is 0 Å². The third-order valence-electron chi connectivity index (χ3n) is 8.19. The first-order valence-corrected chi connectivity index (χ1v) is 14.8. The molecule has 0 bridgehead atoms. The third-order valence-corrected chi connectivity index (χ3v) is 8.19. The van der Waals surface area contributed by atoms with Crippen molar-refractivity contribution in [2.45, 2.75) is 96.6 Å². The predicted octanol–water partition coefficient (Wildman–Crippen LogP) is 4.73. The number of fused-ring (bicyclic) bond motifs is 1. The topological polar surface area (TPSA) is 122 Å². The molecule has 2 saturated carbocycles. The van der Waals surface area contributed by atoms with Crippen molar-refractivity contribution in [1.29, 1.82) is 0 Å². The second-order valence-corrected chi connectivity index (χ2v) is 11.9. The highest BCUT2D eigenvalue weighted by molar-refractivity contribution is 6.38. The minimum atomic E-state index is -1.10. The van der Waals surface area contributed by atoms with Gasteiger partial charge >= 0.3 is 0 Å². The molecule has 2 aliphatic carbocycles. The first kappa shape index (κ1) is 29.6. The SMILES string of the molecule is CC(C)C[C@H](CC(=O)c1ccc2ccccc2n1)C(=O)N[C@@H](C[C@@H]1CCCC1=O)C(=O)C(=O)NC1CCCCC1. The van der Waals surface area contributed by atoms with Gasteiger partial charge in [-0.25, -0.2) is 4.98 Å². The van der Waals surface area contributed by atoms with Gasteiger partial charge in [-0.1, -0.05) is 57.4 Å². The Morgan fingerprint density at radius 3 is 2.40 bits per heavy atom. The minimum absolute atomic E-state index is 0.0459. The Labute approximate surface area is 236 Å². The van der Waals surface area contributed by atoms with E-state index in [-0.39, 0.29) is 48.0 Å². The van der Waals surface area contributed by atoms with Gasteiger partial charge in [0.2, 0.25) is 11.7 Å². The minimum Gasteiger partial charge on any atom is -0.347 e. The molecular formula is C32H41N3O5. The predicted molar refractivity (Wildman–Crippen MR) is 153 cm³/mol. The Hall–Kier alpha value is -3.42. The van der Waals surface area contributed by atoms with Crippen LogP contribution in [-0.4, -0.2) is 46.2 Å². The summed E-state index contributed by atoms with van der Waals surface area (Å²) >= 11 is 0. The molecule has 4 rings (SSSR count). The third kappa shape index (κ3) is 7.83. The molecule has 2 fully saturated rings. The lowest BCUT2D eigenvalue weighted by molar-refractivity contribution is -0.141. The summed E-state index contributed by atoms with van der Waals surface area (Å²) in [6, 6.07) is 9.87. The highest BCUT2D eigenvalue weighted by Crippen LogP contribution is 2.27. The Kier molecular flexibility index (Phi) is 10.2. The number of carbonyl (C=O) groups excluding carboxylic acids is 5. The number of hydrogen-bond donors (Lipinski definition) is 2. The molecule has 3 atom stereocenters. The van der Waals surface area contributed by atoms with E-state index in [0.29, 0.717) is 24.8 Å². The number of para-hydroxylation sites is 1. The molecular weight excluding hydrogens is 506 g/mol. The highest BCUT2D eigenvalue weighted by Gasteiger charge is 2.36. The second-order valence-electron chi connectivity index (χ2n) is 11.9. The summed E-state index contributed by atoms with van der Waals surface area (Å²) in [5.74, 6) is -3.00. The number of nitrogens with zero attached hydrogens (tertiary/aromatic N) is 1. The first-order chi connectivity index (χ1) is 19.2. The van der Waals surface area contributed by atoms with E-state index in [4.69, 9.17) is 0 Å². The van der Waals surface area contributed by atoms with E-state index in [2.05, 4.69) is 15.6 Å². The molecule has 8 heteroatoms. The van der Waals surface area contributed by atoms with E-state index in [1.165, 1.54) is 0 Å². The van der Waals surface area contributed by atoms with E-state index in [9.17, 15) is 24.0 Å². The van der Waals surface area contributed by atoms with Gasteiger partial charge in [-0.05, 0) is 56.6 Å². The van der Waals surface area contributed by atoms with Crippen LogP contribution in [0.4, 0.5) is 0 Å². The molecule has 1 aromatic carbocycles. The average molecular weight is 548 g/mol. The number of amides is 2. The van der Waals surface area contributed by atoms with E-state index in [1.54, 1.807) is 6.07 Å². The maximum atomic E-state index is 13.6. The van der Waals surface area contributed by atoms with Gasteiger partial charge in [-0.3, -0.25) is 24.0 Å². The van der Waals surface area contributed by atoms with E-state index in [1.807, 2.05) is 44.2 Å². The summed E-state index contributed by atoms with van der Waals surface area (Å²) in [6.45, 7) is 3.94. The number of hydrogen-bond acceptors (Lipinski definition) is 6. The number of pyridine rings is 1. The van der Waals surface area contributed by atoms with Gasteiger partial charge in [0.05, 0.1) is 11.6 Å². The Balaban J connectivity index is 1.48. The maximum absolute atomic E-state index is 13.6. The highest BCUT2D eigenvalue weighted by atomic mass is 16.2. The standard InChI is InChI=1S/C32H41N3O5/c1-20(2)17-23(19-29(37)26-16-15-21-9-6-7-13-25(21)34-26)31(39)35-27(18-22-10-8-14-28(22)36)30(38)32(40)33-24-11-4-3-5-12-24/h6-7,9,13,15-16,20,22-24,27H,3-5,8,10-12,14,17-19H2,1-2H3,(H,33,40)(H,35,39)/t22-,23+,27-/m0/s1. The molecule has 0 radical (unpaired) electrons. The van der Waals surface area contributed by atoms with Crippen molar-refractivity contribution in [1.82, 2.24) is 15.6 Å². The van der Waals surface area contributed by atoms with Crippen LogP contribution in [0.1, 0.15) is 95.0 Å². The van der Waals surface area contributed by atoms with Crippen LogP contribution in [0.5, 0.6) is 0 Å². The van der Waals surface area contributed by atoms with Crippen molar-refractivity contribution in [3.05, 3.63) is 42.1 Å². The molecule has 0 spiro atoms. The summed E-state index contributed by atoms with van der Waals surface area (Å²) in [7, 11) is 0. The lowest BCUT2D eigenvalue weighted by atomic mass is 9.89. The summed E-state index contributed by atoms with van der Waals surface area (Å²) in [5, 5.41) is 6.57. The van der Waals surface area contributed by atoms with Crippen molar-refractivity contribution in [2.75, 3.05) is 0 Å². The van der Waals surface area contributed by atoms with Crippen LogP contribution in [0.25, 0.3) is 10.9 Å². The van der Waals surface area contributed by atoms with Crippen LogP contribution < -0.4 is 10.6 Å². The molecule has 214 valence electrons. The van der Waals surface area contributed by atoms with E-state index in [0.717, 1.165) is 43.9 Å². The molecule has 8 nitrogen and oxygen atoms in total. The molecule has 2 amide bonds. The Morgan fingerprint density at radius 1 is 0.950 bits per heavy atom. The zero-order chi connectivity index (χ0) is 28.6. The maximum Gasteiger partial charge on any atom is 0.289 e. The van der Waals surface area contributed by atoms with Gasteiger partial charge in [0.25, 0.3) is 5.91 Å². The van der Waals surface area contributed by atoms with Gasteiger partial charge in [0.1, 0.15) is 11.5 Å². The molecule has 1 heterocycles. The number of nitrogens with one attached hydrogen (secondary N) is 2. The van der Waals surface area contributed by atoms with Crippen molar-refractivity contribution in [3.8, 4) is 0 Å².